The number of anilines is 3. The van der Waals surface area contributed by atoms with E-state index in [-0.39, 0.29) is 11.6 Å². The maximum Gasteiger partial charge on any atom is 0.248 e. The summed E-state index contributed by atoms with van der Waals surface area (Å²) < 4.78 is 26.5. The fourth-order valence-corrected chi connectivity index (χ4v) is 3.59. The predicted molar refractivity (Wildman–Crippen MR) is 163 cm³/mol. The molecule has 1 heterocycles. The van der Waals surface area contributed by atoms with Crippen LogP contribution < -0.4 is 20.1 Å². The number of aliphatic imine (C=N–C) groups is 2. The Morgan fingerprint density at radius 3 is 2.63 bits per heavy atom. The number of carbonyl (C=O) groups is 1. The molecular formula is C30H34FN7O3. The van der Waals surface area contributed by atoms with Crippen LogP contribution in [0.15, 0.2) is 82.8 Å². The van der Waals surface area contributed by atoms with Crippen molar-refractivity contribution in [1.82, 2.24) is 14.9 Å². The van der Waals surface area contributed by atoms with Crippen LogP contribution in [0.1, 0.15) is 13.8 Å². The Balaban J connectivity index is 1.88. The number of carbonyl (C=O) groups excluding carboxylic acids is 1. The molecule has 0 spiro atoms. The molecule has 3 rings (SSSR count). The number of nitrogens with one attached hydrogen (secondary N) is 2. The first-order valence-electron chi connectivity index (χ1n) is 12.7. The number of ether oxygens (including phenoxy) is 2. The summed E-state index contributed by atoms with van der Waals surface area (Å²) in [5, 5.41) is 6.40. The van der Waals surface area contributed by atoms with E-state index >= 15 is 4.39 Å². The molecule has 10 nitrogen and oxygen atoms in total. The molecular weight excluding hydrogens is 525 g/mol. The van der Waals surface area contributed by atoms with Gasteiger partial charge in [0.25, 0.3) is 0 Å². The Labute approximate surface area is 239 Å². The fourth-order valence-electron chi connectivity index (χ4n) is 3.59. The van der Waals surface area contributed by atoms with E-state index in [0.29, 0.717) is 51.9 Å². The van der Waals surface area contributed by atoms with Crippen LogP contribution in [-0.2, 0) is 4.79 Å². The van der Waals surface area contributed by atoms with Crippen molar-refractivity contribution in [3.8, 4) is 11.5 Å². The summed E-state index contributed by atoms with van der Waals surface area (Å²) in [5.41, 5.74) is 1.83. The molecule has 0 saturated heterocycles. The zero-order valence-electron chi connectivity index (χ0n) is 24.0. The molecule has 11 heteroatoms. The van der Waals surface area contributed by atoms with Crippen LogP contribution in [0.4, 0.5) is 21.6 Å². The lowest BCUT2D eigenvalue weighted by Crippen LogP contribution is -2.13. The van der Waals surface area contributed by atoms with Gasteiger partial charge in [-0.3, -0.25) is 9.79 Å². The molecule has 0 fully saturated rings. The topological polar surface area (TPSA) is 113 Å². The number of rotatable bonds is 12. The average Bonchev–Trinajstić information content (AvgIpc) is 2.93. The van der Waals surface area contributed by atoms with Gasteiger partial charge in [-0.1, -0.05) is 12.2 Å². The molecule has 0 aliphatic heterocycles. The van der Waals surface area contributed by atoms with Crippen LogP contribution in [0, 0.1) is 5.82 Å². The summed E-state index contributed by atoms with van der Waals surface area (Å²) in [5.74, 6) is 0.702. The van der Waals surface area contributed by atoms with Gasteiger partial charge < -0.3 is 25.0 Å². The number of amides is 1. The average molecular weight is 560 g/mol. The van der Waals surface area contributed by atoms with Crippen molar-refractivity contribution in [2.45, 2.75) is 13.8 Å². The number of likely N-dealkylation sites (N-methyl/N-ethyl adjacent to an activating group) is 1. The summed E-state index contributed by atoms with van der Waals surface area (Å²) in [7, 11) is 6.95. The van der Waals surface area contributed by atoms with E-state index < -0.39 is 5.82 Å². The molecule has 41 heavy (non-hydrogen) atoms. The number of benzene rings is 2. The van der Waals surface area contributed by atoms with E-state index in [4.69, 9.17) is 9.47 Å². The lowest BCUT2D eigenvalue weighted by molar-refractivity contribution is -0.111. The van der Waals surface area contributed by atoms with Gasteiger partial charge in [0.2, 0.25) is 5.91 Å². The van der Waals surface area contributed by atoms with E-state index in [9.17, 15) is 4.79 Å². The maximum atomic E-state index is 15.2. The van der Waals surface area contributed by atoms with Crippen molar-refractivity contribution in [1.29, 1.82) is 0 Å². The first-order valence-corrected chi connectivity index (χ1v) is 12.7. The van der Waals surface area contributed by atoms with Crippen molar-refractivity contribution in [3.63, 3.8) is 0 Å². The molecule has 1 aromatic heterocycles. The maximum absolute atomic E-state index is 15.2. The van der Waals surface area contributed by atoms with Crippen molar-refractivity contribution in [3.05, 3.63) is 78.6 Å². The van der Waals surface area contributed by atoms with Gasteiger partial charge in [0.1, 0.15) is 41.6 Å². The predicted octanol–water partition coefficient (Wildman–Crippen LogP) is 5.54. The summed E-state index contributed by atoms with van der Waals surface area (Å²) in [6, 6.07) is 7.84. The van der Waals surface area contributed by atoms with E-state index in [1.54, 1.807) is 49.5 Å². The van der Waals surface area contributed by atoms with Crippen LogP contribution in [0.5, 0.6) is 11.5 Å². The molecule has 0 atom stereocenters. The first-order chi connectivity index (χ1) is 19.7. The molecule has 0 aliphatic rings. The fraction of sp³-hybridized carbons (Fsp3) is 0.233. The Morgan fingerprint density at radius 2 is 1.95 bits per heavy atom. The number of fused-ring (bicyclic) bond motifs is 1. The zero-order chi connectivity index (χ0) is 29.8. The Hall–Kier alpha value is -4.90. The Kier molecular flexibility index (Phi) is 11.2. The van der Waals surface area contributed by atoms with Crippen LogP contribution in [0.2, 0.25) is 0 Å². The number of nitrogens with zero attached hydrogens (tertiary/aromatic N) is 5. The molecule has 0 unspecified atom stereocenters. The molecule has 0 aliphatic carbocycles. The van der Waals surface area contributed by atoms with E-state index in [1.165, 1.54) is 31.9 Å². The van der Waals surface area contributed by atoms with Gasteiger partial charge in [0.05, 0.1) is 24.0 Å². The second-order valence-corrected chi connectivity index (χ2v) is 9.01. The van der Waals surface area contributed by atoms with Gasteiger partial charge in [0, 0.05) is 49.0 Å². The Morgan fingerprint density at radius 1 is 1.15 bits per heavy atom. The SMILES string of the molecule is C/C=C\C(=C/C(C)=NC=NC)Oc1ccc(Nc2ncnc3cc(OC)c(NC(=O)/C=C/CN(C)C)cc23)c(F)c1. The minimum absolute atomic E-state index is 0.179. The van der Waals surface area contributed by atoms with Crippen LogP contribution >= 0.6 is 0 Å². The number of aromatic nitrogens is 2. The molecule has 2 N–H and O–H groups in total. The Bertz CT molecular complexity index is 1530. The number of allylic oxidation sites excluding steroid dienone is 3. The van der Waals surface area contributed by atoms with Gasteiger partial charge in [-0.05, 0) is 52.2 Å². The zero-order valence-corrected chi connectivity index (χ0v) is 24.0. The molecule has 3 aromatic rings. The highest BCUT2D eigenvalue weighted by molar-refractivity contribution is 6.03. The second kappa shape index (κ2) is 15.0. The molecule has 0 bridgehead atoms. The summed E-state index contributed by atoms with van der Waals surface area (Å²) in [6.45, 7) is 4.28. The van der Waals surface area contributed by atoms with E-state index in [0.717, 1.165) is 0 Å². The van der Waals surface area contributed by atoms with Crippen LogP contribution in [0.3, 0.4) is 0 Å². The van der Waals surface area contributed by atoms with Gasteiger partial charge in [-0.15, -0.1) is 0 Å². The van der Waals surface area contributed by atoms with Crippen molar-refractivity contribution >= 4 is 46.1 Å². The third-order valence-corrected chi connectivity index (χ3v) is 5.44. The molecule has 214 valence electrons. The third kappa shape index (κ3) is 9.07. The van der Waals surface area contributed by atoms with Crippen molar-refractivity contribution < 1.29 is 18.7 Å². The van der Waals surface area contributed by atoms with E-state index in [2.05, 4.69) is 30.6 Å². The third-order valence-electron chi connectivity index (χ3n) is 5.44. The smallest absolute Gasteiger partial charge is 0.248 e. The number of methoxy groups -OCH3 is 1. The highest BCUT2D eigenvalue weighted by Gasteiger charge is 2.14. The van der Waals surface area contributed by atoms with Gasteiger partial charge in [-0.2, -0.15) is 0 Å². The highest BCUT2D eigenvalue weighted by Crippen LogP contribution is 2.34. The van der Waals surface area contributed by atoms with Gasteiger partial charge in [0.15, 0.2) is 0 Å². The lowest BCUT2D eigenvalue weighted by Gasteiger charge is -2.14. The summed E-state index contributed by atoms with van der Waals surface area (Å²) in [6.07, 6.45) is 11.3. The van der Waals surface area contributed by atoms with Gasteiger partial charge >= 0.3 is 0 Å². The number of hydrogen-bond acceptors (Lipinski definition) is 8. The van der Waals surface area contributed by atoms with E-state index in [1.807, 2.05) is 38.9 Å². The minimum Gasteiger partial charge on any atom is -0.494 e. The van der Waals surface area contributed by atoms with Gasteiger partial charge in [-0.25, -0.2) is 19.4 Å². The van der Waals surface area contributed by atoms with Crippen LogP contribution in [0.25, 0.3) is 10.9 Å². The normalized spacial score (nSPS) is 12.7. The quantitative estimate of drug-likeness (QED) is 0.0986. The second-order valence-electron chi connectivity index (χ2n) is 9.01. The molecule has 2 aromatic carbocycles. The molecule has 1 amide bonds. The minimum atomic E-state index is -0.550. The molecule has 0 radical (unpaired) electrons. The largest absolute Gasteiger partial charge is 0.494 e. The highest BCUT2D eigenvalue weighted by atomic mass is 19.1. The van der Waals surface area contributed by atoms with Crippen molar-refractivity contribution in [2.24, 2.45) is 9.98 Å². The lowest BCUT2D eigenvalue weighted by atomic mass is 10.1. The molecule has 0 saturated carbocycles. The standard InChI is InChI=1S/C30H34FN7O3/c1-7-9-21(14-20(2)33-18-32-3)41-22-11-12-25(24(31)15-22)37-30-23-16-27(36-29(39)10-8-13-38(4)5)28(40-6)17-26(23)34-19-35-30/h7-12,14-19H,13H2,1-6H3,(H,36,39)(H,34,35,37)/b9-7-,10-8+,21-14+,32-18?,33-20?. The summed E-state index contributed by atoms with van der Waals surface area (Å²) in [4.78, 5) is 31.0. The first kappa shape index (κ1) is 30.6. The summed E-state index contributed by atoms with van der Waals surface area (Å²) >= 11 is 0. The van der Waals surface area contributed by atoms with Crippen molar-refractivity contribution in [2.75, 3.05) is 45.4 Å². The van der Waals surface area contributed by atoms with Crippen LogP contribution in [-0.4, -0.2) is 67.6 Å². The number of halogens is 1. The number of hydrogen-bond donors (Lipinski definition) is 2. The monoisotopic (exact) mass is 559 g/mol.